The van der Waals surface area contributed by atoms with Gasteiger partial charge in [0.2, 0.25) is 5.91 Å². The van der Waals surface area contributed by atoms with E-state index in [0.29, 0.717) is 0 Å². The van der Waals surface area contributed by atoms with Crippen molar-refractivity contribution in [3.63, 3.8) is 0 Å². The Morgan fingerprint density at radius 1 is 1.22 bits per heavy atom. The second kappa shape index (κ2) is 6.46. The fourth-order valence-corrected chi connectivity index (χ4v) is 3.30. The number of benzene rings is 2. The molecule has 1 heterocycles. The van der Waals surface area contributed by atoms with E-state index < -0.39 is 0 Å². The summed E-state index contributed by atoms with van der Waals surface area (Å²) < 4.78 is 2.02. The SMILES string of the molecule is Cc1cccc(NC(=O)[C@@H](C)Sc2nc3ccccc3n2C)c1. The highest BCUT2D eigenvalue weighted by Crippen LogP contribution is 2.26. The number of para-hydroxylation sites is 2. The number of nitrogens with zero attached hydrogens (tertiary/aromatic N) is 2. The van der Waals surface area contributed by atoms with Gasteiger partial charge in [-0.1, -0.05) is 36.0 Å². The summed E-state index contributed by atoms with van der Waals surface area (Å²) >= 11 is 1.47. The summed E-state index contributed by atoms with van der Waals surface area (Å²) in [6, 6.07) is 15.8. The second-order valence-corrected chi connectivity index (χ2v) is 6.87. The highest BCUT2D eigenvalue weighted by atomic mass is 32.2. The van der Waals surface area contributed by atoms with Crippen LogP contribution < -0.4 is 5.32 Å². The number of carbonyl (C=O) groups excluding carboxylic acids is 1. The molecule has 1 aromatic heterocycles. The molecule has 4 nitrogen and oxygen atoms in total. The summed E-state index contributed by atoms with van der Waals surface area (Å²) in [5, 5.41) is 3.57. The minimum atomic E-state index is -0.231. The van der Waals surface area contributed by atoms with Crippen molar-refractivity contribution in [1.29, 1.82) is 0 Å². The molecule has 0 bridgehead atoms. The zero-order chi connectivity index (χ0) is 16.4. The highest BCUT2D eigenvalue weighted by molar-refractivity contribution is 8.00. The maximum atomic E-state index is 12.4. The van der Waals surface area contributed by atoms with Crippen LogP contribution in [0.4, 0.5) is 5.69 Å². The van der Waals surface area contributed by atoms with Crippen molar-refractivity contribution >= 4 is 34.4 Å². The van der Waals surface area contributed by atoms with Crippen molar-refractivity contribution in [2.24, 2.45) is 7.05 Å². The molecule has 3 rings (SSSR count). The van der Waals surface area contributed by atoms with Gasteiger partial charge in [-0.15, -0.1) is 0 Å². The monoisotopic (exact) mass is 325 g/mol. The molecular formula is C18H19N3OS. The second-order valence-electron chi connectivity index (χ2n) is 5.56. The number of aryl methyl sites for hydroxylation is 2. The standard InChI is InChI=1S/C18H19N3OS/c1-12-7-6-8-14(11-12)19-17(22)13(2)23-18-20-15-9-4-5-10-16(15)21(18)3/h4-11,13H,1-3H3,(H,19,22)/t13-/m1/s1. The molecule has 2 aromatic carbocycles. The minimum Gasteiger partial charge on any atom is -0.325 e. The van der Waals surface area contributed by atoms with Gasteiger partial charge in [0.15, 0.2) is 5.16 Å². The van der Waals surface area contributed by atoms with Crippen LogP contribution >= 0.6 is 11.8 Å². The van der Waals surface area contributed by atoms with Crippen LogP contribution in [0.2, 0.25) is 0 Å². The third kappa shape index (κ3) is 3.40. The number of thioether (sulfide) groups is 1. The number of aromatic nitrogens is 2. The van der Waals surface area contributed by atoms with E-state index in [-0.39, 0.29) is 11.2 Å². The zero-order valence-corrected chi connectivity index (χ0v) is 14.2. The summed E-state index contributed by atoms with van der Waals surface area (Å²) in [7, 11) is 1.98. The van der Waals surface area contributed by atoms with E-state index in [1.54, 1.807) is 0 Å². The van der Waals surface area contributed by atoms with Crippen LogP contribution in [0.1, 0.15) is 12.5 Å². The number of hydrogen-bond acceptors (Lipinski definition) is 3. The normalized spacial score (nSPS) is 12.3. The van der Waals surface area contributed by atoms with Crippen LogP contribution in [-0.4, -0.2) is 20.7 Å². The lowest BCUT2D eigenvalue weighted by Gasteiger charge is -2.12. The first-order chi connectivity index (χ1) is 11.0. The maximum Gasteiger partial charge on any atom is 0.237 e. The van der Waals surface area contributed by atoms with Gasteiger partial charge in [-0.3, -0.25) is 4.79 Å². The van der Waals surface area contributed by atoms with Crippen molar-refractivity contribution < 1.29 is 4.79 Å². The Kier molecular flexibility index (Phi) is 4.39. The molecule has 118 valence electrons. The molecule has 0 fully saturated rings. The Hall–Kier alpha value is -2.27. The predicted octanol–water partition coefficient (Wildman–Crippen LogP) is 4.00. The molecule has 0 radical (unpaired) electrons. The van der Waals surface area contributed by atoms with Gasteiger partial charge >= 0.3 is 0 Å². The Morgan fingerprint density at radius 3 is 2.74 bits per heavy atom. The average molecular weight is 325 g/mol. The van der Waals surface area contributed by atoms with Gasteiger partial charge in [0.05, 0.1) is 16.3 Å². The van der Waals surface area contributed by atoms with E-state index in [2.05, 4.69) is 10.3 Å². The number of rotatable bonds is 4. The van der Waals surface area contributed by atoms with E-state index in [1.165, 1.54) is 11.8 Å². The van der Waals surface area contributed by atoms with Crippen LogP contribution in [-0.2, 0) is 11.8 Å². The maximum absolute atomic E-state index is 12.4. The number of amides is 1. The average Bonchev–Trinajstić information content (AvgIpc) is 2.84. The van der Waals surface area contributed by atoms with Crippen molar-refractivity contribution in [1.82, 2.24) is 9.55 Å². The van der Waals surface area contributed by atoms with E-state index in [1.807, 2.05) is 74.0 Å². The molecule has 0 spiro atoms. The van der Waals surface area contributed by atoms with Gasteiger partial charge in [-0.05, 0) is 43.7 Å². The first-order valence-electron chi connectivity index (χ1n) is 7.50. The summed E-state index contributed by atoms with van der Waals surface area (Å²) in [5.74, 6) is -0.0207. The van der Waals surface area contributed by atoms with Crippen molar-refractivity contribution in [2.45, 2.75) is 24.3 Å². The number of fused-ring (bicyclic) bond motifs is 1. The molecule has 1 amide bonds. The topological polar surface area (TPSA) is 46.9 Å². The molecular weight excluding hydrogens is 306 g/mol. The van der Waals surface area contributed by atoms with Crippen LogP contribution in [0.15, 0.2) is 53.7 Å². The van der Waals surface area contributed by atoms with Crippen LogP contribution in [0.25, 0.3) is 11.0 Å². The largest absolute Gasteiger partial charge is 0.325 e. The molecule has 1 N–H and O–H groups in total. The van der Waals surface area contributed by atoms with E-state index in [9.17, 15) is 4.79 Å². The first-order valence-corrected chi connectivity index (χ1v) is 8.38. The molecule has 23 heavy (non-hydrogen) atoms. The fraction of sp³-hybridized carbons (Fsp3) is 0.222. The van der Waals surface area contributed by atoms with Crippen LogP contribution in [0, 0.1) is 6.92 Å². The Balaban J connectivity index is 1.73. The Labute approximate surface area is 139 Å². The molecule has 0 unspecified atom stereocenters. The van der Waals surface area contributed by atoms with Gasteiger partial charge in [0.1, 0.15) is 0 Å². The molecule has 0 saturated heterocycles. The molecule has 0 aliphatic heterocycles. The van der Waals surface area contributed by atoms with Gasteiger partial charge in [-0.2, -0.15) is 0 Å². The summed E-state index contributed by atoms with van der Waals surface area (Å²) in [4.78, 5) is 17.0. The van der Waals surface area contributed by atoms with Crippen molar-refractivity contribution in [2.75, 3.05) is 5.32 Å². The molecule has 0 aliphatic rings. The van der Waals surface area contributed by atoms with E-state index in [4.69, 9.17) is 0 Å². The number of nitrogens with one attached hydrogen (secondary N) is 1. The molecule has 3 aromatic rings. The molecule has 0 aliphatic carbocycles. The molecule has 5 heteroatoms. The third-order valence-electron chi connectivity index (χ3n) is 3.68. The number of anilines is 1. The lowest BCUT2D eigenvalue weighted by molar-refractivity contribution is -0.115. The van der Waals surface area contributed by atoms with E-state index in [0.717, 1.165) is 27.4 Å². The summed E-state index contributed by atoms with van der Waals surface area (Å²) in [6.45, 7) is 3.91. The highest BCUT2D eigenvalue weighted by Gasteiger charge is 2.18. The quantitative estimate of drug-likeness (QED) is 0.738. The van der Waals surface area contributed by atoms with Crippen molar-refractivity contribution in [3.8, 4) is 0 Å². The smallest absolute Gasteiger partial charge is 0.237 e. The van der Waals surface area contributed by atoms with Gasteiger partial charge in [0, 0.05) is 12.7 Å². The molecule has 0 saturated carbocycles. The van der Waals surface area contributed by atoms with Gasteiger partial charge in [-0.25, -0.2) is 4.98 Å². The zero-order valence-electron chi connectivity index (χ0n) is 13.4. The lowest BCUT2D eigenvalue weighted by Crippen LogP contribution is -2.22. The summed E-state index contributed by atoms with van der Waals surface area (Å²) in [6.07, 6.45) is 0. The number of hydrogen-bond donors (Lipinski definition) is 1. The fourth-order valence-electron chi connectivity index (χ4n) is 2.41. The predicted molar refractivity (Wildman–Crippen MR) is 95.8 cm³/mol. The van der Waals surface area contributed by atoms with Gasteiger partial charge in [0.25, 0.3) is 0 Å². The summed E-state index contributed by atoms with van der Waals surface area (Å²) in [5.41, 5.74) is 3.97. The van der Waals surface area contributed by atoms with E-state index >= 15 is 0 Å². The van der Waals surface area contributed by atoms with Gasteiger partial charge < -0.3 is 9.88 Å². The van der Waals surface area contributed by atoms with Crippen LogP contribution in [0.3, 0.4) is 0 Å². The minimum absolute atomic E-state index is 0.0207. The Morgan fingerprint density at radius 2 is 2.00 bits per heavy atom. The Bertz CT molecular complexity index is 856. The van der Waals surface area contributed by atoms with Crippen LogP contribution in [0.5, 0.6) is 0 Å². The number of carbonyl (C=O) groups is 1. The lowest BCUT2D eigenvalue weighted by atomic mass is 10.2. The molecule has 1 atom stereocenters. The van der Waals surface area contributed by atoms with Crippen molar-refractivity contribution in [3.05, 3.63) is 54.1 Å². The number of imidazole rings is 1. The first kappa shape index (κ1) is 15.6. The third-order valence-corrected chi connectivity index (χ3v) is 4.83.